The van der Waals surface area contributed by atoms with Crippen LogP contribution in [0.1, 0.15) is 36.5 Å². The summed E-state index contributed by atoms with van der Waals surface area (Å²) in [5.41, 5.74) is 5.69. The Kier molecular flexibility index (Phi) is 10.00. The third-order valence-corrected chi connectivity index (χ3v) is 4.30. The average molecular weight is 406 g/mol. The predicted octanol–water partition coefficient (Wildman–Crippen LogP) is 0.553. The first-order chi connectivity index (χ1) is 13.7. The maximum absolute atomic E-state index is 12.8. The Balaban J connectivity index is 2.78. The summed E-state index contributed by atoms with van der Waals surface area (Å²) >= 11 is 0. The summed E-state index contributed by atoms with van der Waals surface area (Å²) < 4.78 is 0. The van der Waals surface area contributed by atoms with Crippen molar-refractivity contribution in [2.24, 2.45) is 5.73 Å². The van der Waals surface area contributed by atoms with Crippen molar-refractivity contribution in [3.05, 3.63) is 35.9 Å². The fourth-order valence-corrected chi connectivity index (χ4v) is 2.62. The molecule has 160 valence electrons. The van der Waals surface area contributed by atoms with E-state index in [9.17, 15) is 14.4 Å². The number of likely N-dealkylation sites (N-methyl/N-ethyl adjacent to an activating group) is 1. The van der Waals surface area contributed by atoms with Crippen LogP contribution in [0.5, 0.6) is 0 Å². The molecular weight excluding hydrogens is 376 g/mol. The molecule has 1 aromatic carbocycles. The molecule has 10 heteroatoms. The van der Waals surface area contributed by atoms with E-state index in [2.05, 4.69) is 16.0 Å². The maximum Gasteiger partial charge on any atom is 0.407 e. The van der Waals surface area contributed by atoms with Crippen LogP contribution >= 0.6 is 0 Å². The number of amides is 3. The normalized spacial score (nSPS) is 12.3. The van der Waals surface area contributed by atoms with Gasteiger partial charge in [0, 0.05) is 31.7 Å². The topological polar surface area (TPSA) is 161 Å². The molecule has 0 fully saturated rings. The van der Waals surface area contributed by atoms with Gasteiger partial charge in [-0.3, -0.25) is 15.0 Å². The van der Waals surface area contributed by atoms with Crippen LogP contribution in [0.2, 0.25) is 0 Å². The lowest BCUT2D eigenvalue weighted by molar-refractivity contribution is -0.124. The molecule has 10 nitrogen and oxygen atoms in total. The minimum atomic E-state index is -1.08. The molecular formula is C19H30N6O4. The smallest absolute Gasteiger partial charge is 0.407 e. The first kappa shape index (κ1) is 23.7. The van der Waals surface area contributed by atoms with Crippen LogP contribution in [0, 0.1) is 5.41 Å². The van der Waals surface area contributed by atoms with Gasteiger partial charge < -0.3 is 31.7 Å². The monoisotopic (exact) mass is 406 g/mol. The number of nitrogens with two attached hydrogens (primary N) is 1. The fraction of sp³-hybridized carbons (Fsp3) is 0.474. The first-order valence-corrected chi connectivity index (χ1v) is 9.42. The zero-order valence-electron chi connectivity index (χ0n) is 16.8. The Morgan fingerprint density at radius 2 is 1.86 bits per heavy atom. The van der Waals surface area contributed by atoms with Crippen LogP contribution in [0.25, 0.3) is 0 Å². The third-order valence-electron chi connectivity index (χ3n) is 4.30. The first-order valence-electron chi connectivity index (χ1n) is 9.42. The standard InChI is InChI=1S/C19H30N6O4/c1-3-14(12-25(2)19(28)29)23-17(27)15(10-7-11-22-18(20)21)24-16(26)13-8-5-4-6-9-13/h4-6,8-9,14-15H,3,7,10-12H2,1-2H3,(H,23,27)(H,24,26)(H,28,29)(H4,20,21,22)/t14?,15-/m0/s1. The predicted molar refractivity (Wildman–Crippen MR) is 110 cm³/mol. The Labute approximate surface area is 170 Å². The number of guanidine groups is 1. The van der Waals surface area contributed by atoms with Crippen LogP contribution < -0.4 is 21.7 Å². The molecule has 7 N–H and O–H groups in total. The fourth-order valence-electron chi connectivity index (χ4n) is 2.62. The Morgan fingerprint density at radius 3 is 2.41 bits per heavy atom. The van der Waals surface area contributed by atoms with Gasteiger partial charge in [-0.05, 0) is 31.4 Å². The summed E-state index contributed by atoms with van der Waals surface area (Å²) in [7, 11) is 1.43. The van der Waals surface area contributed by atoms with Crippen LogP contribution in [-0.4, -0.2) is 66.1 Å². The minimum Gasteiger partial charge on any atom is -0.465 e. The molecule has 0 bridgehead atoms. The molecule has 0 saturated carbocycles. The van der Waals surface area contributed by atoms with E-state index in [4.69, 9.17) is 16.2 Å². The highest BCUT2D eigenvalue weighted by Crippen LogP contribution is 2.04. The summed E-state index contributed by atoms with van der Waals surface area (Å²) in [6.45, 7) is 2.37. The number of carbonyl (C=O) groups excluding carboxylic acids is 2. The quantitative estimate of drug-likeness (QED) is 0.179. The summed E-state index contributed by atoms with van der Waals surface area (Å²) in [6, 6.07) is 7.37. The van der Waals surface area contributed by atoms with Gasteiger partial charge in [-0.15, -0.1) is 0 Å². The van der Waals surface area contributed by atoms with Crippen molar-refractivity contribution >= 4 is 23.9 Å². The largest absolute Gasteiger partial charge is 0.465 e. The highest BCUT2D eigenvalue weighted by atomic mass is 16.4. The zero-order chi connectivity index (χ0) is 21.8. The Hall–Kier alpha value is -3.30. The van der Waals surface area contributed by atoms with Gasteiger partial charge in [-0.25, -0.2) is 4.79 Å². The molecule has 29 heavy (non-hydrogen) atoms. The molecule has 0 radical (unpaired) electrons. The van der Waals surface area contributed by atoms with E-state index in [0.29, 0.717) is 31.4 Å². The molecule has 1 unspecified atom stereocenters. The van der Waals surface area contributed by atoms with Gasteiger partial charge in [-0.2, -0.15) is 0 Å². The molecule has 0 aliphatic rings. The second-order valence-electron chi connectivity index (χ2n) is 6.65. The van der Waals surface area contributed by atoms with E-state index in [1.165, 1.54) is 7.05 Å². The van der Waals surface area contributed by atoms with Crippen LogP contribution in [0.4, 0.5) is 4.79 Å². The SMILES string of the molecule is CCC(CN(C)C(=O)O)NC(=O)[C@H](CCCNC(=N)N)NC(=O)c1ccccc1. The molecule has 0 heterocycles. The van der Waals surface area contributed by atoms with Crippen molar-refractivity contribution in [1.82, 2.24) is 20.9 Å². The number of nitrogens with one attached hydrogen (secondary N) is 4. The second kappa shape index (κ2) is 12.2. The van der Waals surface area contributed by atoms with Crippen molar-refractivity contribution in [2.45, 2.75) is 38.3 Å². The molecule has 0 aliphatic heterocycles. The van der Waals surface area contributed by atoms with Gasteiger partial charge in [0.2, 0.25) is 5.91 Å². The van der Waals surface area contributed by atoms with Gasteiger partial charge >= 0.3 is 6.09 Å². The highest BCUT2D eigenvalue weighted by molar-refractivity contribution is 5.97. The number of nitrogens with zero attached hydrogens (tertiary/aromatic N) is 1. The maximum atomic E-state index is 12.8. The van der Waals surface area contributed by atoms with Crippen LogP contribution in [-0.2, 0) is 4.79 Å². The van der Waals surface area contributed by atoms with E-state index in [1.54, 1.807) is 30.3 Å². The second-order valence-corrected chi connectivity index (χ2v) is 6.65. The number of hydrogen-bond acceptors (Lipinski definition) is 4. The van der Waals surface area contributed by atoms with Crippen molar-refractivity contribution in [2.75, 3.05) is 20.1 Å². The molecule has 0 aliphatic carbocycles. The van der Waals surface area contributed by atoms with Gasteiger partial charge in [-0.1, -0.05) is 25.1 Å². The van der Waals surface area contributed by atoms with Crippen molar-refractivity contribution in [3.63, 3.8) is 0 Å². The van der Waals surface area contributed by atoms with E-state index < -0.39 is 12.1 Å². The van der Waals surface area contributed by atoms with Crippen molar-refractivity contribution in [1.29, 1.82) is 5.41 Å². The number of carboxylic acid groups (broad SMARTS) is 1. The lowest BCUT2D eigenvalue weighted by atomic mass is 10.1. The lowest BCUT2D eigenvalue weighted by Gasteiger charge is -2.25. The van der Waals surface area contributed by atoms with E-state index in [1.807, 2.05) is 6.92 Å². The lowest BCUT2D eigenvalue weighted by Crippen LogP contribution is -2.52. The minimum absolute atomic E-state index is 0.142. The summed E-state index contributed by atoms with van der Waals surface area (Å²) in [5.74, 6) is -0.925. The molecule has 0 aromatic heterocycles. The molecule has 1 rings (SSSR count). The molecule has 0 spiro atoms. The average Bonchev–Trinajstić information content (AvgIpc) is 2.69. The summed E-state index contributed by atoms with van der Waals surface area (Å²) in [4.78, 5) is 37.4. The number of benzene rings is 1. The van der Waals surface area contributed by atoms with E-state index >= 15 is 0 Å². The Bertz CT molecular complexity index is 697. The van der Waals surface area contributed by atoms with Crippen molar-refractivity contribution in [3.8, 4) is 0 Å². The summed E-state index contributed by atoms with van der Waals surface area (Å²) in [6.07, 6.45) is 0.283. The zero-order valence-corrected chi connectivity index (χ0v) is 16.8. The van der Waals surface area contributed by atoms with Gasteiger partial charge in [0.1, 0.15) is 6.04 Å². The molecule has 1 aromatic rings. The summed E-state index contributed by atoms with van der Waals surface area (Å²) in [5, 5.41) is 24.4. The van der Waals surface area contributed by atoms with Crippen molar-refractivity contribution < 1.29 is 19.5 Å². The number of carbonyl (C=O) groups is 3. The van der Waals surface area contributed by atoms with Crippen LogP contribution in [0.3, 0.4) is 0 Å². The van der Waals surface area contributed by atoms with E-state index in [0.717, 1.165) is 4.90 Å². The van der Waals surface area contributed by atoms with Crippen LogP contribution in [0.15, 0.2) is 30.3 Å². The molecule has 3 amide bonds. The number of hydrogen-bond donors (Lipinski definition) is 6. The highest BCUT2D eigenvalue weighted by Gasteiger charge is 2.24. The Morgan fingerprint density at radius 1 is 1.21 bits per heavy atom. The third kappa shape index (κ3) is 8.96. The van der Waals surface area contributed by atoms with Gasteiger partial charge in [0.25, 0.3) is 5.91 Å². The molecule has 2 atom stereocenters. The van der Waals surface area contributed by atoms with E-state index in [-0.39, 0.29) is 30.4 Å². The number of rotatable bonds is 11. The van der Waals surface area contributed by atoms with Gasteiger partial charge in [0.05, 0.1) is 0 Å². The molecule has 0 saturated heterocycles. The van der Waals surface area contributed by atoms with Gasteiger partial charge in [0.15, 0.2) is 5.96 Å².